The second-order valence-corrected chi connectivity index (χ2v) is 12.8. The van der Waals surface area contributed by atoms with Crippen LogP contribution in [0, 0.1) is 0 Å². The molecule has 1 unspecified atom stereocenters. The molecule has 53 heavy (non-hydrogen) atoms. The molecule has 14 nitrogen and oxygen atoms in total. The number of aldehydes is 1. The highest BCUT2D eigenvalue weighted by atomic mass is 16.6. The fraction of sp³-hybridized carbons (Fsp3) is 0.359. The Morgan fingerprint density at radius 2 is 1.04 bits per heavy atom. The van der Waals surface area contributed by atoms with Crippen molar-refractivity contribution >= 4 is 42.1 Å². The predicted molar refractivity (Wildman–Crippen MR) is 190 cm³/mol. The second kappa shape index (κ2) is 21.3. The van der Waals surface area contributed by atoms with Gasteiger partial charge in [0.05, 0.1) is 6.54 Å². The van der Waals surface area contributed by atoms with Gasteiger partial charge in [-0.3, -0.25) is 24.0 Å². The van der Waals surface area contributed by atoms with Crippen LogP contribution in [0.2, 0.25) is 0 Å². The van der Waals surface area contributed by atoms with Gasteiger partial charge in [0.25, 0.3) is 0 Å². The summed E-state index contributed by atoms with van der Waals surface area (Å²) in [5, 5.41) is 2.43. The van der Waals surface area contributed by atoms with Crippen LogP contribution in [0.25, 0.3) is 0 Å². The van der Waals surface area contributed by atoms with Crippen molar-refractivity contribution in [2.24, 2.45) is 0 Å². The van der Waals surface area contributed by atoms with Gasteiger partial charge in [-0.1, -0.05) is 91.0 Å². The van der Waals surface area contributed by atoms with Crippen LogP contribution < -0.4 is 5.32 Å². The maximum absolute atomic E-state index is 14.1. The Labute approximate surface area is 308 Å². The van der Waals surface area contributed by atoms with E-state index < -0.39 is 80.1 Å². The van der Waals surface area contributed by atoms with Gasteiger partial charge in [0.2, 0.25) is 11.8 Å². The first-order chi connectivity index (χ1) is 25.3. The largest absolute Gasteiger partial charge is 0.459 e. The zero-order valence-corrected chi connectivity index (χ0v) is 30.1. The third kappa shape index (κ3) is 16.2. The van der Waals surface area contributed by atoms with Crippen molar-refractivity contribution in [2.45, 2.75) is 65.1 Å². The predicted octanol–water partition coefficient (Wildman–Crippen LogP) is 3.75. The molecule has 0 aliphatic heterocycles. The van der Waals surface area contributed by atoms with Crippen molar-refractivity contribution in [3.05, 3.63) is 108 Å². The number of carbonyl (C=O) groups is 7. The van der Waals surface area contributed by atoms with Crippen molar-refractivity contribution in [1.29, 1.82) is 0 Å². The molecule has 0 spiro atoms. The average Bonchev–Trinajstić information content (AvgIpc) is 3.13. The molecule has 3 amide bonds. The summed E-state index contributed by atoms with van der Waals surface area (Å²) in [6.45, 7) is 2.20. The first kappa shape index (κ1) is 41.4. The molecule has 14 heteroatoms. The number of hydrogen-bond donors (Lipinski definition) is 1. The molecule has 0 heterocycles. The fourth-order valence-electron chi connectivity index (χ4n) is 4.73. The lowest BCUT2D eigenvalue weighted by atomic mass is 10.1. The molecule has 0 fully saturated rings. The van der Waals surface area contributed by atoms with Crippen LogP contribution in [0.4, 0.5) is 4.79 Å². The van der Waals surface area contributed by atoms with Crippen LogP contribution >= 0.6 is 0 Å². The molecule has 0 aliphatic rings. The number of rotatable bonds is 19. The summed E-state index contributed by atoms with van der Waals surface area (Å²) in [4.78, 5) is 92.0. The molecule has 0 aromatic heterocycles. The third-order valence-electron chi connectivity index (χ3n) is 7.28. The number of hydrogen-bond acceptors (Lipinski definition) is 11. The van der Waals surface area contributed by atoms with E-state index in [2.05, 4.69) is 5.32 Å². The molecule has 282 valence electrons. The molecular weight excluding hydrogens is 686 g/mol. The van der Waals surface area contributed by atoms with Crippen molar-refractivity contribution in [3.63, 3.8) is 0 Å². The Bertz CT molecular complexity index is 1600. The second-order valence-electron chi connectivity index (χ2n) is 12.8. The first-order valence-corrected chi connectivity index (χ1v) is 16.9. The molecule has 0 radical (unpaired) electrons. The molecule has 3 aromatic rings. The summed E-state index contributed by atoms with van der Waals surface area (Å²) in [7, 11) is 0. The Morgan fingerprint density at radius 3 is 1.42 bits per heavy atom. The quantitative estimate of drug-likeness (QED) is 0.108. The van der Waals surface area contributed by atoms with Crippen molar-refractivity contribution in [3.8, 4) is 0 Å². The zero-order valence-electron chi connectivity index (χ0n) is 30.1. The normalized spacial score (nSPS) is 11.3. The summed E-state index contributed by atoms with van der Waals surface area (Å²) in [5.74, 6) is -4.08. The molecule has 0 bridgehead atoms. The van der Waals surface area contributed by atoms with Gasteiger partial charge in [0.15, 0.2) is 0 Å². The molecule has 0 aliphatic carbocycles. The minimum atomic E-state index is -1.50. The standard InChI is InChI=1S/C39H45N3O11/c1-39(2,3)53-38(49)40-32(19-20-33(44)41(21-22-43)23-34(45)50-26-29-13-7-4-8-14-29)37(48)42(24-35(46)51-27-30-15-9-5-10-16-30)25-36(47)52-28-31-17-11-6-12-18-31/h4-18,22,32H,19-21,23-28H2,1-3H3,(H,40,49). The smallest absolute Gasteiger partial charge is 0.408 e. The monoisotopic (exact) mass is 731 g/mol. The van der Waals surface area contributed by atoms with E-state index in [0.717, 1.165) is 15.4 Å². The summed E-state index contributed by atoms with van der Waals surface area (Å²) < 4.78 is 21.3. The summed E-state index contributed by atoms with van der Waals surface area (Å²) in [5.41, 5.74) is 1.14. The molecule has 0 saturated carbocycles. The number of ether oxygens (including phenoxy) is 4. The van der Waals surface area contributed by atoms with Crippen LogP contribution in [-0.4, -0.2) is 89.7 Å². The lowest BCUT2D eigenvalue weighted by molar-refractivity contribution is -0.156. The Kier molecular flexibility index (Phi) is 16.7. The molecular formula is C39H45N3O11. The van der Waals surface area contributed by atoms with Gasteiger partial charge in [-0.2, -0.15) is 0 Å². The van der Waals surface area contributed by atoms with Crippen LogP contribution in [-0.2, 0) is 67.5 Å². The zero-order chi connectivity index (χ0) is 38.6. The number of nitrogens with one attached hydrogen (secondary N) is 1. The summed E-state index contributed by atoms with van der Waals surface area (Å²) in [6.07, 6.45) is -1.36. The highest BCUT2D eigenvalue weighted by molar-refractivity contribution is 5.92. The number of esters is 3. The van der Waals surface area contributed by atoms with Gasteiger partial charge in [-0.25, -0.2) is 4.79 Å². The lowest BCUT2D eigenvalue weighted by Gasteiger charge is -2.28. The van der Waals surface area contributed by atoms with E-state index in [1.54, 1.807) is 112 Å². The van der Waals surface area contributed by atoms with Gasteiger partial charge in [0.1, 0.15) is 57.4 Å². The van der Waals surface area contributed by atoms with Gasteiger partial charge >= 0.3 is 24.0 Å². The summed E-state index contributed by atoms with van der Waals surface area (Å²) >= 11 is 0. The van der Waals surface area contributed by atoms with Crippen LogP contribution in [0.1, 0.15) is 50.3 Å². The minimum absolute atomic E-state index is 0.0451. The number of nitrogens with zero attached hydrogens (tertiary/aromatic N) is 2. The van der Waals surface area contributed by atoms with Crippen LogP contribution in [0.5, 0.6) is 0 Å². The Balaban J connectivity index is 1.77. The van der Waals surface area contributed by atoms with Crippen molar-refractivity contribution < 1.29 is 52.5 Å². The number of carbonyl (C=O) groups excluding carboxylic acids is 7. The Morgan fingerprint density at radius 1 is 0.642 bits per heavy atom. The molecule has 1 N–H and O–H groups in total. The first-order valence-electron chi connectivity index (χ1n) is 16.9. The van der Waals surface area contributed by atoms with E-state index in [9.17, 15) is 33.6 Å². The van der Waals surface area contributed by atoms with E-state index in [4.69, 9.17) is 18.9 Å². The van der Waals surface area contributed by atoms with Crippen molar-refractivity contribution in [2.75, 3.05) is 26.2 Å². The highest BCUT2D eigenvalue weighted by Crippen LogP contribution is 2.12. The fourth-order valence-corrected chi connectivity index (χ4v) is 4.73. The molecule has 3 rings (SSSR count). The maximum atomic E-state index is 14.1. The number of alkyl carbamates (subject to hydrolysis) is 1. The highest BCUT2D eigenvalue weighted by Gasteiger charge is 2.32. The molecule has 1 atom stereocenters. The van der Waals surface area contributed by atoms with E-state index in [1.807, 2.05) is 0 Å². The van der Waals surface area contributed by atoms with E-state index >= 15 is 0 Å². The molecule has 3 aromatic carbocycles. The molecule has 0 saturated heterocycles. The van der Waals surface area contributed by atoms with Crippen molar-refractivity contribution in [1.82, 2.24) is 15.1 Å². The average molecular weight is 732 g/mol. The number of amides is 3. The third-order valence-corrected chi connectivity index (χ3v) is 7.28. The maximum Gasteiger partial charge on any atom is 0.408 e. The van der Waals surface area contributed by atoms with Crippen LogP contribution in [0.15, 0.2) is 91.0 Å². The van der Waals surface area contributed by atoms with Gasteiger partial charge < -0.3 is 38.9 Å². The Hall–Kier alpha value is -6.05. The summed E-state index contributed by atoms with van der Waals surface area (Å²) in [6, 6.07) is 25.0. The van der Waals surface area contributed by atoms with E-state index in [0.29, 0.717) is 17.4 Å². The number of benzene rings is 3. The van der Waals surface area contributed by atoms with E-state index in [1.165, 1.54) is 0 Å². The topological polar surface area (TPSA) is 175 Å². The lowest BCUT2D eigenvalue weighted by Crippen LogP contribution is -2.52. The minimum Gasteiger partial charge on any atom is -0.459 e. The SMILES string of the molecule is CC(C)(C)OC(=O)NC(CCC(=O)N(CC=O)CC(=O)OCc1ccccc1)C(=O)N(CC(=O)OCc1ccccc1)CC(=O)OCc1ccccc1. The van der Waals surface area contributed by atoms with Crippen LogP contribution in [0.3, 0.4) is 0 Å². The van der Waals surface area contributed by atoms with Gasteiger partial charge in [0, 0.05) is 6.42 Å². The van der Waals surface area contributed by atoms with Gasteiger partial charge in [-0.05, 0) is 43.9 Å². The van der Waals surface area contributed by atoms with E-state index in [-0.39, 0.29) is 26.2 Å². The van der Waals surface area contributed by atoms with Gasteiger partial charge in [-0.15, -0.1) is 0 Å².